The molecule has 3 heteroatoms. The van der Waals surface area contributed by atoms with Crippen LogP contribution in [0.25, 0.3) is 0 Å². The summed E-state index contributed by atoms with van der Waals surface area (Å²) in [6.45, 7) is 10.7. The molecule has 2 nitrogen and oxygen atoms in total. The van der Waals surface area contributed by atoms with Crippen molar-refractivity contribution in [1.29, 1.82) is 0 Å². The summed E-state index contributed by atoms with van der Waals surface area (Å²) >= 11 is 2.13. The zero-order valence-corrected chi connectivity index (χ0v) is 11.5. The summed E-state index contributed by atoms with van der Waals surface area (Å²) in [5.41, 5.74) is 0. The standard InChI is InChI=1S/C12H26N2S/c1-5-11(10-13-4)14-7-6-12(2,3)15-9-8-14/h11,13H,5-10H2,1-4H3. The Balaban J connectivity index is 2.48. The van der Waals surface area contributed by atoms with Crippen LogP contribution < -0.4 is 5.32 Å². The topological polar surface area (TPSA) is 15.3 Å². The van der Waals surface area contributed by atoms with Gasteiger partial charge in [-0.3, -0.25) is 4.90 Å². The van der Waals surface area contributed by atoms with Crippen LogP contribution in [-0.4, -0.2) is 48.1 Å². The van der Waals surface area contributed by atoms with Crippen LogP contribution in [0.1, 0.15) is 33.6 Å². The van der Waals surface area contributed by atoms with Crippen molar-refractivity contribution in [2.24, 2.45) is 0 Å². The molecule has 0 spiro atoms. The Morgan fingerprint density at radius 2 is 2.13 bits per heavy atom. The molecule has 0 bridgehead atoms. The molecule has 1 unspecified atom stereocenters. The van der Waals surface area contributed by atoms with Gasteiger partial charge in [0.05, 0.1) is 0 Å². The monoisotopic (exact) mass is 230 g/mol. The maximum Gasteiger partial charge on any atom is 0.0218 e. The second-order valence-corrected chi connectivity index (χ2v) is 6.82. The van der Waals surface area contributed by atoms with E-state index >= 15 is 0 Å². The van der Waals surface area contributed by atoms with Crippen molar-refractivity contribution in [1.82, 2.24) is 10.2 Å². The minimum absolute atomic E-state index is 0.479. The van der Waals surface area contributed by atoms with Crippen molar-refractivity contribution in [3.8, 4) is 0 Å². The van der Waals surface area contributed by atoms with Crippen molar-refractivity contribution < 1.29 is 0 Å². The molecule has 15 heavy (non-hydrogen) atoms. The molecule has 0 aromatic heterocycles. The summed E-state index contributed by atoms with van der Waals surface area (Å²) in [4.78, 5) is 2.66. The molecule has 1 fully saturated rings. The molecule has 1 atom stereocenters. The van der Waals surface area contributed by atoms with E-state index in [9.17, 15) is 0 Å². The van der Waals surface area contributed by atoms with Gasteiger partial charge in [0.1, 0.15) is 0 Å². The van der Waals surface area contributed by atoms with Gasteiger partial charge < -0.3 is 5.32 Å². The normalized spacial score (nSPS) is 24.8. The van der Waals surface area contributed by atoms with E-state index in [2.05, 4.69) is 49.8 Å². The van der Waals surface area contributed by atoms with Crippen molar-refractivity contribution in [2.45, 2.75) is 44.4 Å². The lowest BCUT2D eigenvalue weighted by atomic mass is 10.1. The molecule has 0 aromatic rings. The van der Waals surface area contributed by atoms with Gasteiger partial charge in [0, 0.05) is 29.6 Å². The molecule has 1 rings (SSSR count). The summed E-state index contributed by atoms with van der Waals surface area (Å²) < 4.78 is 0.479. The minimum Gasteiger partial charge on any atom is -0.318 e. The summed E-state index contributed by atoms with van der Waals surface area (Å²) in [7, 11) is 2.05. The summed E-state index contributed by atoms with van der Waals surface area (Å²) in [5, 5.41) is 3.31. The largest absolute Gasteiger partial charge is 0.318 e. The van der Waals surface area contributed by atoms with Gasteiger partial charge in [0.25, 0.3) is 0 Å². The van der Waals surface area contributed by atoms with E-state index in [1.54, 1.807) is 0 Å². The lowest BCUT2D eigenvalue weighted by Crippen LogP contribution is -2.42. The SMILES string of the molecule is CCC(CNC)N1CCSC(C)(C)CC1. The Bertz CT molecular complexity index is 182. The third-order valence-corrected chi connectivity index (χ3v) is 4.67. The van der Waals surface area contributed by atoms with Crippen LogP contribution in [0.3, 0.4) is 0 Å². The van der Waals surface area contributed by atoms with E-state index in [4.69, 9.17) is 0 Å². The third-order valence-electron chi connectivity index (χ3n) is 3.30. The molecule has 1 aliphatic rings. The predicted octanol–water partition coefficient (Wildman–Crippen LogP) is 2.20. The molecule has 0 saturated carbocycles. The van der Waals surface area contributed by atoms with E-state index in [1.165, 1.54) is 31.7 Å². The van der Waals surface area contributed by atoms with Gasteiger partial charge in [-0.15, -0.1) is 0 Å². The van der Waals surface area contributed by atoms with Crippen LogP contribution in [0, 0.1) is 0 Å². The Hall–Kier alpha value is 0.270. The average Bonchev–Trinajstić information content (AvgIpc) is 2.36. The molecule has 0 aliphatic carbocycles. The Kier molecular flexibility index (Phi) is 5.44. The lowest BCUT2D eigenvalue weighted by Gasteiger charge is -2.30. The van der Waals surface area contributed by atoms with Gasteiger partial charge in [-0.25, -0.2) is 0 Å². The molecule has 1 heterocycles. The first-order valence-corrected chi connectivity index (χ1v) is 7.10. The van der Waals surface area contributed by atoms with Crippen LogP contribution >= 0.6 is 11.8 Å². The highest BCUT2D eigenvalue weighted by atomic mass is 32.2. The number of hydrogen-bond acceptors (Lipinski definition) is 3. The van der Waals surface area contributed by atoms with Crippen LogP contribution in [0.4, 0.5) is 0 Å². The van der Waals surface area contributed by atoms with Crippen molar-refractivity contribution in [3.63, 3.8) is 0 Å². The maximum absolute atomic E-state index is 3.31. The number of hydrogen-bond donors (Lipinski definition) is 1. The fourth-order valence-electron chi connectivity index (χ4n) is 2.17. The predicted molar refractivity (Wildman–Crippen MR) is 70.7 cm³/mol. The second-order valence-electron chi connectivity index (χ2n) is 5.01. The number of nitrogens with one attached hydrogen (secondary N) is 1. The van der Waals surface area contributed by atoms with E-state index < -0.39 is 0 Å². The maximum atomic E-state index is 3.31. The number of nitrogens with zero attached hydrogens (tertiary/aromatic N) is 1. The minimum atomic E-state index is 0.479. The van der Waals surface area contributed by atoms with Crippen molar-refractivity contribution >= 4 is 11.8 Å². The molecule has 90 valence electrons. The number of rotatable bonds is 4. The van der Waals surface area contributed by atoms with Crippen LogP contribution in [0.5, 0.6) is 0 Å². The zero-order chi connectivity index (χ0) is 11.3. The van der Waals surface area contributed by atoms with Crippen LogP contribution in [0.2, 0.25) is 0 Å². The van der Waals surface area contributed by atoms with Crippen LogP contribution in [0.15, 0.2) is 0 Å². The lowest BCUT2D eigenvalue weighted by molar-refractivity contribution is 0.197. The van der Waals surface area contributed by atoms with E-state index in [0.717, 1.165) is 12.6 Å². The zero-order valence-electron chi connectivity index (χ0n) is 10.7. The first-order chi connectivity index (χ1) is 7.09. The Morgan fingerprint density at radius 1 is 1.40 bits per heavy atom. The first kappa shape index (κ1) is 13.3. The Labute approximate surface area is 99.2 Å². The van der Waals surface area contributed by atoms with Gasteiger partial charge in [-0.05, 0) is 26.4 Å². The molecule has 0 radical (unpaired) electrons. The highest BCUT2D eigenvalue weighted by molar-refractivity contribution is 8.00. The Morgan fingerprint density at radius 3 is 2.73 bits per heavy atom. The summed E-state index contributed by atoms with van der Waals surface area (Å²) in [6, 6.07) is 0.726. The summed E-state index contributed by atoms with van der Waals surface area (Å²) in [5.74, 6) is 1.28. The van der Waals surface area contributed by atoms with E-state index in [0.29, 0.717) is 4.75 Å². The third kappa shape index (κ3) is 4.33. The van der Waals surface area contributed by atoms with Crippen molar-refractivity contribution in [3.05, 3.63) is 0 Å². The van der Waals surface area contributed by atoms with Gasteiger partial charge in [0.2, 0.25) is 0 Å². The van der Waals surface area contributed by atoms with Gasteiger partial charge in [-0.1, -0.05) is 20.8 Å². The number of likely N-dealkylation sites (N-methyl/N-ethyl adjacent to an activating group) is 1. The quantitative estimate of drug-likeness (QED) is 0.797. The van der Waals surface area contributed by atoms with E-state index in [-0.39, 0.29) is 0 Å². The molecular weight excluding hydrogens is 204 g/mol. The number of thioether (sulfide) groups is 1. The average molecular weight is 230 g/mol. The smallest absolute Gasteiger partial charge is 0.0218 e. The fraction of sp³-hybridized carbons (Fsp3) is 1.00. The molecule has 0 aromatic carbocycles. The molecule has 0 amide bonds. The molecule has 1 aliphatic heterocycles. The summed E-state index contributed by atoms with van der Waals surface area (Å²) in [6.07, 6.45) is 2.57. The first-order valence-electron chi connectivity index (χ1n) is 6.11. The second kappa shape index (κ2) is 6.12. The molecular formula is C12H26N2S. The highest BCUT2D eigenvalue weighted by Crippen LogP contribution is 2.31. The van der Waals surface area contributed by atoms with Crippen LogP contribution in [-0.2, 0) is 0 Å². The van der Waals surface area contributed by atoms with Gasteiger partial charge >= 0.3 is 0 Å². The van der Waals surface area contributed by atoms with Gasteiger partial charge in [0.15, 0.2) is 0 Å². The fourth-order valence-corrected chi connectivity index (χ4v) is 3.28. The van der Waals surface area contributed by atoms with Gasteiger partial charge in [-0.2, -0.15) is 11.8 Å². The van der Waals surface area contributed by atoms with E-state index in [1.807, 2.05) is 0 Å². The molecule has 1 saturated heterocycles. The highest BCUT2D eigenvalue weighted by Gasteiger charge is 2.26. The van der Waals surface area contributed by atoms with Crippen molar-refractivity contribution in [2.75, 3.05) is 32.4 Å². The molecule has 1 N–H and O–H groups in total.